The molecule has 114 valence electrons. The van der Waals surface area contributed by atoms with Crippen molar-refractivity contribution in [3.63, 3.8) is 0 Å². The summed E-state index contributed by atoms with van der Waals surface area (Å²) >= 11 is 6.10. The molecule has 0 N–H and O–H groups in total. The van der Waals surface area contributed by atoms with Gasteiger partial charge in [0.2, 0.25) is 0 Å². The Morgan fingerprint density at radius 2 is 2.14 bits per heavy atom. The molecule has 21 heavy (non-hydrogen) atoms. The van der Waals surface area contributed by atoms with Crippen LogP contribution in [0.2, 0.25) is 0 Å². The predicted octanol–water partition coefficient (Wildman–Crippen LogP) is 3.91. The molecular weight excluding hydrogens is 288 g/mol. The molecule has 1 saturated carbocycles. The van der Waals surface area contributed by atoms with E-state index in [0.29, 0.717) is 18.0 Å². The van der Waals surface area contributed by atoms with E-state index >= 15 is 0 Å². The van der Waals surface area contributed by atoms with E-state index in [0.717, 1.165) is 35.4 Å². The van der Waals surface area contributed by atoms with Gasteiger partial charge in [0, 0.05) is 13.2 Å². The third-order valence-electron chi connectivity index (χ3n) is 4.01. The Balaban J connectivity index is 2.03. The first-order valence-electron chi connectivity index (χ1n) is 7.39. The highest BCUT2D eigenvalue weighted by molar-refractivity contribution is 6.16. The Morgan fingerprint density at radius 3 is 2.76 bits per heavy atom. The zero-order valence-corrected chi connectivity index (χ0v) is 13.4. The van der Waals surface area contributed by atoms with E-state index in [1.165, 1.54) is 0 Å². The maximum absolute atomic E-state index is 6.10. The number of fused-ring (bicyclic) bond motifs is 1. The molecule has 1 aromatic heterocycles. The van der Waals surface area contributed by atoms with Crippen molar-refractivity contribution in [2.45, 2.75) is 50.8 Å². The third-order valence-corrected chi connectivity index (χ3v) is 4.25. The first-order valence-corrected chi connectivity index (χ1v) is 7.92. The third kappa shape index (κ3) is 2.62. The van der Waals surface area contributed by atoms with Crippen molar-refractivity contribution < 1.29 is 9.47 Å². The molecule has 0 atom stereocenters. The number of para-hydroxylation sites is 1. The normalized spacial score (nSPS) is 21.8. The highest BCUT2D eigenvalue weighted by Gasteiger charge is 2.33. The number of alkyl halides is 1. The van der Waals surface area contributed by atoms with Crippen LogP contribution < -0.4 is 4.74 Å². The lowest BCUT2D eigenvalue weighted by molar-refractivity contribution is 0.00675. The molecule has 1 aliphatic rings. The Kier molecular flexibility index (Phi) is 4.09. The Morgan fingerprint density at radius 1 is 1.38 bits per heavy atom. The quantitative estimate of drug-likeness (QED) is 0.786. The van der Waals surface area contributed by atoms with Crippen LogP contribution in [0.15, 0.2) is 18.2 Å². The lowest BCUT2D eigenvalue weighted by atomic mass is 9.88. The van der Waals surface area contributed by atoms with Gasteiger partial charge in [0.05, 0.1) is 23.6 Å². The molecule has 1 aromatic carbocycles. The summed E-state index contributed by atoms with van der Waals surface area (Å²) in [5.74, 6) is 2.14. The molecular formula is C16H21ClN2O2. The molecule has 3 rings (SSSR count). The molecule has 0 saturated heterocycles. The zero-order valence-electron chi connectivity index (χ0n) is 12.7. The summed E-state index contributed by atoms with van der Waals surface area (Å²) in [5.41, 5.74) is 2.01. The van der Waals surface area contributed by atoms with Gasteiger partial charge in [-0.2, -0.15) is 0 Å². The number of rotatable bonds is 5. The van der Waals surface area contributed by atoms with E-state index < -0.39 is 0 Å². The van der Waals surface area contributed by atoms with Crippen LogP contribution in [0.3, 0.4) is 0 Å². The molecule has 1 aliphatic carbocycles. The second-order valence-corrected chi connectivity index (χ2v) is 6.07. The molecule has 0 amide bonds. The fourth-order valence-corrected chi connectivity index (χ4v) is 3.12. The Labute approximate surface area is 130 Å². The van der Waals surface area contributed by atoms with Crippen molar-refractivity contribution in [2.24, 2.45) is 0 Å². The summed E-state index contributed by atoms with van der Waals surface area (Å²) in [5, 5.41) is 0. The van der Waals surface area contributed by atoms with Crippen LogP contribution in [-0.4, -0.2) is 28.9 Å². The average Bonchev–Trinajstić information content (AvgIpc) is 2.77. The fourth-order valence-electron chi connectivity index (χ4n) is 2.93. The molecule has 4 nitrogen and oxygen atoms in total. The van der Waals surface area contributed by atoms with Gasteiger partial charge in [-0.3, -0.25) is 0 Å². The monoisotopic (exact) mass is 308 g/mol. The first-order chi connectivity index (χ1) is 10.1. The van der Waals surface area contributed by atoms with E-state index in [1.807, 2.05) is 26.0 Å². The van der Waals surface area contributed by atoms with Gasteiger partial charge in [-0.15, -0.1) is 11.6 Å². The van der Waals surface area contributed by atoms with Crippen LogP contribution in [0.25, 0.3) is 11.0 Å². The largest absolute Gasteiger partial charge is 0.489 e. The van der Waals surface area contributed by atoms with Crippen LogP contribution in [-0.2, 0) is 10.6 Å². The van der Waals surface area contributed by atoms with Crippen molar-refractivity contribution >= 4 is 22.6 Å². The number of nitrogens with zero attached hydrogens (tertiary/aromatic N) is 2. The van der Waals surface area contributed by atoms with Crippen LogP contribution in [0, 0.1) is 0 Å². The zero-order chi connectivity index (χ0) is 15.0. The van der Waals surface area contributed by atoms with Crippen molar-refractivity contribution in [1.29, 1.82) is 0 Å². The SMILES string of the molecule is COC1CC(n2c(CCl)nc3c(OC(C)C)cccc32)C1. The minimum atomic E-state index is 0.127. The van der Waals surface area contributed by atoms with Crippen molar-refractivity contribution in [3.8, 4) is 5.75 Å². The average molecular weight is 309 g/mol. The highest BCUT2D eigenvalue weighted by atomic mass is 35.5. The van der Waals surface area contributed by atoms with Gasteiger partial charge >= 0.3 is 0 Å². The van der Waals surface area contributed by atoms with Crippen molar-refractivity contribution in [1.82, 2.24) is 9.55 Å². The van der Waals surface area contributed by atoms with E-state index in [2.05, 4.69) is 10.6 Å². The number of aromatic nitrogens is 2. The maximum atomic E-state index is 6.10. The van der Waals surface area contributed by atoms with Gasteiger partial charge in [0.1, 0.15) is 17.1 Å². The minimum absolute atomic E-state index is 0.127. The fraction of sp³-hybridized carbons (Fsp3) is 0.562. The number of imidazole rings is 1. The molecule has 0 radical (unpaired) electrons. The van der Waals surface area contributed by atoms with Gasteiger partial charge in [-0.05, 0) is 38.8 Å². The lowest BCUT2D eigenvalue weighted by Crippen LogP contribution is -2.33. The number of methoxy groups -OCH3 is 1. The van der Waals surface area contributed by atoms with E-state index in [1.54, 1.807) is 7.11 Å². The summed E-state index contributed by atoms with van der Waals surface area (Å²) in [6, 6.07) is 6.49. The standard InChI is InChI=1S/C16H21ClN2O2/c1-10(2)21-14-6-4-5-13-16(14)18-15(9-17)19(13)11-7-12(8-11)20-3/h4-6,10-12H,7-9H2,1-3H3. The molecule has 0 spiro atoms. The summed E-state index contributed by atoms with van der Waals surface area (Å²) in [4.78, 5) is 4.70. The summed E-state index contributed by atoms with van der Waals surface area (Å²) in [6.07, 6.45) is 2.51. The molecule has 1 fully saturated rings. The maximum Gasteiger partial charge on any atom is 0.147 e. The Bertz CT molecular complexity index is 632. The van der Waals surface area contributed by atoms with Crippen LogP contribution >= 0.6 is 11.6 Å². The van der Waals surface area contributed by atoms with Gasteiger partial charge in [-0.1, -0.05) is 6.07 Å². The Hall–Kier alpha value is -1.26. The summed E-state index contributed by atoms with van der Waals surface area (Å²) < 4.78 is 13.5. The molecule has 2 aromatic rings. The number of hydrogen-bond donors (Lipinski definition) is 0. The van der Waals surface area contributed by atoms with E-state index in [-0.39, 0.29) is 6.10 Å². The number of ether oxygens (including phenoxy) is 2. The molecule has 0 unspecified atom stereocenters. The number of halogens is 1. The van der Waals surface area contributed by atoms with E-state index in [4.69, 9.17) is 26.1 Å². The van der Waals surface area contributed by atoms with Crippen molar-refractivity contribution in [2.75, 3.05) is 7.11 Å². The predicted molar refractivity (Wildman–Crippen MR) is 84.1 cm³/mol. The molecule has 0 bridgehead atoms. The van der Waals surface area contributed by atoms with E-state index in [9.17, 15) is 0 Å². The smallest absolute Gasteiger partial charge is 0.147 e. The lowest BCUT2D eigenvalue weighted by Gasteiger charge is -2.36. The number of hydrogen-bond acceptors (Lipinski definition) is 3. The highest BCUT2D eigenvalue weighted by Crippen LogP contribution is 2.39. The van der Waals surface area contributed by atoms with Gasteiger partial charge in [0.15, 0.2) is 0 Å². The summed E-state index contributed by atoms with van der Waals surface area (Å²) in [6.45, 7) is 4.04. The first kappa shape index (κ1) is 14.7. The topological polar surface area (TPSA) is 36.3 Å². The number of benzene rings is 1. The molecule has 0 aliphatic heterocycles. The van der Waals surface area contributed by atoms with Crippen LogP contribution in [0.4, 0.5) is 0 Å². The van der Waals surface area contributed by atoms with Gasteiger partial charge < -0.3 is 14.0 Å². The second kappa shape index (κ2) is 5.85. The van der Waals surface area contributed by atoms with Crippen LogP contribution in [0.1, 0.15) is 38.6 Å². The van der Waals surface area contributed by atoms with Gasteiger partial charge in [0.25, 0.3) is 0 Å². The molecule has 5 heteroatoms. The summed E-state index contributed by atoms with van der Waals surface area (Å²) in [7, 11) is 1.77. The molecule has 1 heterocycles. The van der Waals surface area contributed by atoms with Gasteiger partial charge in [-0.25, -0.2) is 4.98 Å². The van der Waals surface area contributed by atoms with Crippen molar-refractivity contribution in [3.05, 3.63) is 24.0 Å². The minimum Gasteiger partial charge on any atom is -0.489 e. The van der Waals surface area contributed by atoms with Crippen LogP contribution in [0.5, 0.6) is 5.75 Å². The second-order valence-electron chi connectivity index (χ2n) is 5.81.